The van der Waals surface area contributed by atoms with E-state index in [1.165, 1.54) is 0 Å². The Morgan fingerprint density at radius 1 is 1.37 bits per heavy atom. The van der Waals surface area contributed by atoms with E-state index < -0.39 is 0 Å². The minimum Gasteiger partial charge on any atom is -0.493 e. The molecule has 0 saturated heterocycles. The van der Waals surface area contributed by atoms with Gasteiger partial charge in [-0.3, -0.25) is 9.48 Å². The van der Waals surface area contributed by atoms with Crippen LogP contribution in [0.4, 0.5) is 5.69 Å². The molecule has 2 rings (SSSR count). The number of nitrogens with zero attached hydrogens (tertiary/aromatic N) is 2. The number of rotatable bonds is 6. The molecule has 19 heavy (non-hydrogen) atoms. The number of anilines is 1. The predicted molar refractivity (Wildman–Crippen MR) is 73.7 cm³/mol. The van der Waals surface area contributed by atoms with Crippen molar-refractivity contribution in [1.82, 2.24) is 9.78 Å². The van der Waals surface area contributed by atoms with Crippen molar-refractivity contribution in [3.63, 3.8) is 0 Å². The molecular formula is C14H17N3O2. The van der Waals surface area contributed by atoms with Crippen LogP contribution in [0.15, 0.2) is 36.5 Å². The molecule has 0 bridgehead atoms. The van der Waals surface area contributed by atoms with Crippen LogP contribution >= 0.6 is 0 Å². The molecule has 0 atom stereocenters. The van der Waals surface area contributed by atoms with Gasteiger partial charge in [-0.15, -0.1) is 0 Å². The minimum absolute atomic E-state index is 0.0416. The van der Waals surface area contributed by atoms with E-state index in [1.807, 2.05) is 37.3 Å². The molecule has 0 aliphatic rings. The summed E-state index contributed by atoms with van der Waals surface area (Å²) in [5.41, 5.74) is 1.42. The Kier molecular flexibility index (Phi) is 4.18. The van der Waals surface area contributed by atoms with Gasteiger partial charge in [-0.1, -0.05) is 18.2 Å². The molecule has 1 aromatic carbocycles. The Morgan fingerprint density at radius 2 is 2.11 bits per heavy atom. The molecule has 0 saturated carbocycles. The fourth-order valence-electron chi connectivity index (χ4n) is 1.86. The maximum Gasteiger partial charge on any atom is 0.203 e. The average molecular weight is 259 g/mol. The lowest BCUT2D eigenvalue weighted by atomic mass is 10.2. The van der Waals surface area contributed by atoms with Gasteiger partial charge in [0.25, 0.3) is 0 Å². The second kappa shape index (κ2) is 6.04. The number of hydrogen-bond donors (Lipinski definition) is 1. The zero-order chi connectivity index (χ0) is 13.7. The number of carbonyl (C=O) groups excluding carboxylic acids is 1. The van der Waals surface area contributed by atoms with Gasteiger partial charge in [0.2, 0.25) is 5.78 Å². The highest BCUT2D eigenvalue weighted by Gasteiger charge is 2.18. The van der Waals surface area contributed by atoms with Gasteiger partial charge in [0, 0.05) is 12.2 Å². The smallest absolute Gasteiger partial charge is 0.203 e. The number of methoxy groups -OCH3 is 1. The third kappa shape index (κ3) is 2.93. The molecule has 0 radical (unpaired) electrons. The topological polar surface area (TPSA) is 56.2 Å². The number of nitrogens with one attached hydrogen (secondary N) is 1. The first kappa shape index (κ1) is 13.1. The molecule has 1 aromatic heterocycles. The molecule has 0 unspecified atom stereocenters. The summed E-state index contributed by atoms with van der Waals surface area (Å²) in [7, 11) is 1.54. The van der Waals surface area contributed by atoms with Crippen LogP contribution in [-0.2, 0) is 6.54 Å². The zero-order valence-corrected chi connectivity index (χ0v) is 11.1. The Labute approximate surface area is 112 Å². The molecule has 2 aromatic rings. The van der Waals surface area contributed by atoms with E-state index >= 15 is 0 Å². The van der Waals surface area contributed by atoms with Gasteiger partial charge in [-0.25, -0.2) is 0 Å². The van der Waals surface area contributed by atoms with E-state index in [2.05, 4.69) is 10.4 Å². The number of ether oxygens (including phenoxy) is 1. The number of carbonyl (C=O) groups is 1. The zero-order valence-electron chi connectivity index (χ0n) is 11.1. The maximum absolute atomic E-state index is 12.2. The van der Waals surface area contributed by atoms with Crippen LogP contribution in [0.1, 0.15) is 17.4 Å². The van der Waals surface area contributed by atoms with Crippen molar-refractivity contribution in [3.8, 4) is 5.75 Å². The number of ketones is 1. The van der Waals surface area contributed by atoms with Gasteiger partial charge in [0.15, 0.2) is 5.75 Å². The van der Waals surface area contributed by atoms with Crippen molar-refractivity contribution >= 4 is 11.5 Å². The van der Waals surface area contributed by atoms with Gasteiger partial charge in [-0.2, -0.15) is 5.10 Å². The molecule has 100 valence electrons. The molecule has 0 spiro atoms. The third-order valence-electron chi connectivity index (χ3n) is 2.82. The minimum atomic E-state index is -0.0416. The molecule has 1 N–H and O–H groups in total. The SMILES string of the molecule is CCn1ncc(OC)c1C(=O)CNc1ccccc1. The lowest BCUT2D eigenvalue weighted by molar-refractivity contribution is 0.0993. The van der Waals surface area contributed by atoms with Crippen molar-refractivity contribution in [3.05, 3.63) is 42.2 Å². The molecular weight excluding hydrogens is 242 g/mol. The number of aryl methyl sites for hydroxylation is 1. The van der Waals surface area contributed by atoms with Gasteiger partial charge < -0.3 is 10.1 Å². The third-order valence-corrected chi connectivity index (χ3v) is 2.82. The molecule has 0 aliphatic heterocycles. The van der Waals surface area contributed by atoms with Crippen molar-refractivity contribution in [2.45, 2.75) is 13.5 Å². The number of para-hydroxylation sites is 1. The maximum atomic E-state index is 12.2. The molecule has 0 fully saturated rings. The first-order chi connectivity index (χ1) is 9.26. The average Bonchev–Trinajstić information content (AvgIpc) is 2.89. The molecule has 5 nitrogen and oxygen atoms in total. The van der Waals surface area contributed by atoms with Crippen LogP contribution in [0.5, 0.6) is 5.75 Å². The highest BCUT2D eigenvalue weighted by molar-refractivity contribution is 5.99. The number of aromatic nitrogens is 2. The second-order valence-electron chi connectivity index (χ2n) is 4.02. The van der Waals surface area contributed by atoms with Crippen LogP contribution in [0.25, 0.3) is 0 Å². The lowest BCUT2D eigenvalue weighted by Gasteiger charge is -2.08. The van der Waals surface area contributed by atoms with E-state index in [-0.39, 0.29) is 12.3 Å². The summed E-state index contributed by atoms with van der Waals surface area (Å²) < 4.78 is 6.82. The number of hydrogen-bond acceptors (Lipinski definition) is 4. The van der Waals surface area contributed by atoms with Crippen LogP contribution in [-0.4, -0.2) is 29.2 Å². The summed E-state index contributed by atoms with van der Waals surface area (Å²) in [6.45, 7) is 2.79. The van der Waals surface area contributed by atoms with E-state index in [0.717, 1.165) is 5.69 Å². The van der Waals surface area contributed by atoms with Crippen LogP contribution < -0.4 is 10.1 Å². The first-order valence-corrected chi connectivity index (χ1v) is 6.18. The summed E-state index contributed by atoms with van der Waals surface area (Å²) in [6, 6.07) is 9.61. The van der Waals surface area contributed by atoms with Crippen molar-refractivity contribution in [2.24, 2.45) is 0 Å². The first-order valence-electron chi connectivity index (χ1n) is 6.18. The Morgan fingerprint density at radius 3 is 2.74 bits per heavy atom. The predicted octanol–water partition coefficient (Wildman–Crippen LogP) is 2.21. The number of Topliss-reactive ketones (excluding diaryl/α,β-unsaturated/α-hetero) is 1. The molecule has 5 heteroatoms. The van der Waals surface area contributed by atoms with Gasteiger partial charge >= 0.3 is 0 Å². The van der Waals surface area contributed by atoms with E-state index in [9.17, 15) is 4.79 Å². The van der Waals surface area contributed by atoms with Crippen LogP contribution in [0.3, 0.4) is 0 Å². The van der Waals surface area contributed by atoms with Crippen molar-refractivity contribution in [1.29, 1.82) is 0 Å². The molecule has 0 amide bonds. The van der Waals surface area contributed by atoms with Gasteiger partial charge in [0.05, 0.1) is 19.9 Å². The van der Waals surface area contributed by atoms with E-state index in [4.69, 9.17) is 4.74 Å². The van der Waals surface area contributed by atoms with E-state index in [1.54, 1.807) is 18.0 Å². The summed E-state index contributed by atoms with van der Waals surface area (Å²) in [6.07, 6.45) is 1.57. The highest BCUT2D eigenvalue weighted by atomic mass is 16.5. The number of benzene rings is 1. The van der Waals surface area contributed by atoms with E-state index in [0.29, 0.717) is 18.0 Å². The van der Waals surface area contributed by atoms with Crippen LogP contribution in [0, 0.1) is 0 Å². The lowest BCUT2D eigenvalue weighted by Crippen LogP contribution is -2.19. The normalized spacial score (nSPS) is 10.2. The van der Waals surface area contributed by atoms with Gasteiger partial charge in [-0.05, 0) is 19.1 Å². The summed E-state index contributed by atoms with van der Waals surface area (Å²) in [4.78, 5) is 12.2. The van der Waals surface area contributed by atoms with Crippen molar-refractivity contribution < 1.29 is 9.53 Å². The standard InChI is InChI=1S/C14H17N3O2/c1-3-17-14(13(19-2)10-16-17)12(18)9-15-11-7-5-4-6-8-11/h4-8,10,15H,3,9H2,1-2H3. The quantitative estimate of drug-likeness (QED) is 0.808. The monoisotopic (exact) mass is 259 g/mol. The summed E-state index contributed by atoms with van der Waals surface area (Å²) in [5, 5.41) is 7.21. The largest absolute Gasteiger partial charge is 0.493 e. The van der Waals surface area contributed by atoms with Crippen molar-refractivity contribution in [2.75, 3.05) is 19.0 Å². The molecule has 1 heterocycles. The molecule has 0 aliphatic carbocycles. The van der Waals surface area contributed by atoms with Crippen LogP contribution in [0.2, 0.25) is 0 Å². The fourth-order valence-corrected chi connectivity index (χ4v) is 1.86. The Bertz CT molecular complexity index is 528. The second-order valence-corrected chi connectivity index (χ2v) is 4.02. The Hall–Kier alpha value is -2.30. The van der Waals surface area contributed by atoms with Gasteiger partial charge in [0.1, 0.15) is 5.69 Å². The summed E-state index contributed by atoms with van der Waals surface area (Å²) >= 11 is 0. The Balaban J connectivity index is 2.09. The summed E-state index contributed by atoms with van der Waals surface area (Å²) in [5.74, 6) is 0.474. The highest BCUT2D eigenvalue weighted by Crippen LogP contribution is 2.18. The fraction of sp³-hybridized carbons (Fsp3) is 0.286.